The molecule has 124 valence electrons. The quantitative estimate of drug-likeness (QED) is 0.868. The molecule has 0 heterocycles. The molecule has 2 rings (SSSR count). The third kappa shape index (κ3) is 5.22. The van der Waals surface area contributed by atoms with Crippen LogP contribution in [-0.2, 0) is 20.6 Å². The molecule has 6 nitrogen and oxygen atoms in total. The second-order valence-electron chi connectivity index (χ2n) is 6.19. The summed E-state index contributed by atoms with van der Waals surface area (Å²) < 4.78 is 37.9. The van der Waals surface area contributed by atoms with Gasteiger partial charge in [0.1, 0.15) is 5.60 Å². The van der Waals surface area contributed by atoms with Gasteiger partial charge in [0.15, 0.2) is 0 Å². The Bertz CT molecular complexity index is 837. The van der Waals surface area contributed by atoms with Gasteiger partial charge in [0, 0.05) is 5.39 Å². The van der Waals surface area contributed by atoms with E-state index >= 15 is 0 Å². The first-order chi connectivity index (χ1) is 10.5. The van der Waals surface area contributed by atoms with E-state index in [0.29, 0.717) is 16.6 Å². The summed E-state index contributed by atoms with van der Waals surface area (Å²) in [5, 5.41) is 4.09. The van der Waals surface area contributed by atoms with E-state index in [1.165, 1.54) is 0 Å². The van der Waals surface area contributed by atoms with Crippen molar-refractivity contribution in [2.75, 3.05) is 5.32 Å². The second-order valence-corrected chi connectivity index (χ2v) is 7.59. The molecule has 0 unspecified atom stereocenters. The van der Waals surface area contributed by atoms with Gasteiger partial charge in [-0.2, -0.15) is 0 Å². The Morgan fingerprint density at radius 2 is 1.91 bits per heavy atom. The maximum absolute atomic E-state index is 11.9. The fourth-order valence-electron chi connectivity index (χ4n) is 2.14. The summed E-state index contributed by atoms with van der Waals surface area (Å²) in [5.41, 5.74) is 0.226. The van der Waals surface area contributed by atoms with Crippen molar-refractivity contribution < 1.29 is 22.5 Å². The zero-order valence-electron chi connectivity index (χ0n) is 13.1. The number of carbonyl (C=O) groups is 1. The molecule has 0 fully saturated rings. The molecule has 0 aliphatic rings. The molecule has 1 amide bonds. The molecule has 0 atom stereocenters. The highest BCUT2D eigenvalue weighted by atomic mass is 32.2. The van der Waals surface area contributed by atoms with Crippen molar-refractivity contribution in [3.63, 3.8) is 0 Å². The summed E-state index contributed by atoms with van der Waals surface area (Å²) >= 11 is 0. The van der Waals surface area contributed by atoms with E-state index in [2.05, 4.69) is 5.32 Å². The number of benzene rings is 2. The Balaban J connectivity index is 2.36. The molecule has 0 radical (unpaired) electrons. The summed E-state index contributed by atoms with van der Waals surface area (Å²) in [4.78, 5) is 11.9. The Labute approximate surface area is 135 Å². The number of amides is 1. The summed E-state index contributed by atoms with van der Waals surface area (Å²) in [6, 6.07) is 10.1. The van der Waals surface area contributed by atoms with Crippen LogP contribution in [0.2, 0.25) is 0 Å². The molecule has 0 spiro atoms. The van der Waals surface area contributed by atoms with E-state index in [0.717, 1.165) is 5.39 Å². The molecule has 0 aliphatic heterocycles. The van der Waals surface area contributed by atoms with Crippen molar-refractivity contribution in [1.29, 1.82) is 0 Å². The van der Waals surface area contributed by atoms with Crippen molar-refractivity contribution >= 4 is 32.7 Å². The molecule has 0 bridgehead atoms. The Morgan fingerprint density at radius 3 is 2.52 bits per heavy atom. The van der Waals surface area contributed by atoms with Gasteiger partial charge in [-0.25, -0.2) is 13.2 Å². The number of hydrogen-bond acceptors (Lipinski definition) is 5. The van der Waals surface area contributed by atoms with Crippen LogP contribution in [-0.4, -0.2) is 24.7 Å². The predicted molar refractivity (Wildman–Crippen MR) is 87.2 cm³/mol. The van der Waals surface area contributed by atoms with Gasteiger partial charge in [0.25, 0.3) is 0 Å². The van der Waals surface area contributed by atoms with Crippen LogP contribution in [0.3, 0.4) is 0 Å². The highest BCUT2D eigenvalue weighted by Gasteiger charge is 2.17. The maximum Gasteiger partial charge on any atom is 0.412 e. The van der Waals surface area contributed by atoms with Gasteiger partial charge in [-0.3, -0.25) is 5.32 Å². The number of fused-ring (bicyclic) bond motifs is 1. The number of anilines is 1. The van der Waals surface area contributed by atoms with Crippen LogP contribution in [0.5, 0.6) is 0 Å². The minimum Gasteiger partial charge on any atom is -0.748 e. The molecular formula is C16H18NO5S-. The fourth-order valence-corrected chi connectivity index (χ4v) is 2.72. The van der Waals surface area contributed by atoms with E-state index in [1.54, 1.807) is 51.1 Å². The standard InChI is InChI=1S/C16H19NO5S/c1-16(2,3)22-15(18)17-14-6-4-5-12-8-7-11(9-13(12)14)10-23(19,20)21/h4-9H,10H2,1-3H3,(H,17,18)(H,19,20,21)/p-1. The Morgan fingerprint density at radius 1 is 1.22 bits per heavy atom. The molecular weight excluding hydrogens is 318 g/mol. The van der Waals surface area contributed by atoms with Crippen LogP contribution in [0, 0.1) is 0 Å². The van der Waals surface area contributed by atoms with Gasteiger partial charge in [-0.05, 0) is 43.9 Å². The van der Waals surface area contributed by atoms with Gasteiger partial charge in [-0.1, -0.05) is 24.3 Å². The molecule has 1 N–H and O–H groups in total. The minimum absolute atomic E-state index is 0.367. The molecule has 0 saturated carbocycles. The van der Waals surface area contributed by atoms with Gasteiger partial charge < -0.3 is 9.29 Å². The van der Waals surface area contributed by atoms with Gasteiger partial charge >= 0.3 is 6.09 Å². The number of rotatable bonds is 3. The van der Waals surface area contributed by atoms with Crippen molar-refractivity contribution in [3.05, 3.63) is 42.0 Å². The second kappa shape index (κ2) is 6.17. The smallest absolute Gasteiger partial charge is 0.412 e. The average molecular weight is 336 g/mol. The minimum atomic E-state index is -4.37. The van der Waals surface area contributed by atoms with Crippen LogP contribution in [0.25, 0.3) is 10.8 Å². The largest absolute Gasteiger partial charge is 0.748 e. The molecule has 2 aromatic carbocycles. The van der Waals surface area contributed by atoms with E-state index in [4.69, 9.17) is 4.74 Å². The predicted octanol–water partition coefficient (Wildman–Crippen LogP) is 3.23. The lowest BCUT2D eigenvalue weighted by Gasteiger charge is -2.20. The van der Waals surface area contributed by atoms with E-state index in [-0.39, 0.29) is 0 Å². The average Bonchev–Trinajstić information content (AvgIpc) is 2.35. The molecule has 0 aromatic heterocycles. The van der Waals surface area contributed by atoms with Crippen LogP contribution in [0.15, 0.2) is 36.4 Å². The summed E-state index contributed by atoms with van der Waals surface area (Å²) in [6.07, 6.45) is -0.605. The zero-order valence-corrected chi connectivity index (χ0v) is 13.9. The van der Waals surface area contributed by atoms with Gasteiger partial charge in [0.2, 0.25) is 0 Å². The van der Waals surface area contributed by atoms with Crippen molar-refractivity contribution in [2.24, 2.45) is 0 Å². The van der Waals surface area contributed by atoms with Gasteiger partial charge in [-0.15, -0.1) is 0 Å². The normalized spacial score (nSPS) is 12.2. The van der Waals surface area contributed by atoms with Gasteiger partial charge in [0.05, 0.1) is 21.6 Å². The topological polar surface area (TPSA) is 95.5 Å². The monoisotopic (exact) mass is 336 g/mol. The molecule has 0 saturated heterocycles. The first-order valence-corrected chi connectivity index (χ1v) is 8.56. The number of hydrogen-bond donors (Lipinski definition) is 1. The molecule has 0 aliphatic carbocycles. The van der Waals surface area contributed by atoms with E-state index < -0.39 is 27.6 Å². The van der Waals surface area contributed by atoms with Crippen molar-refractivity contribution in [2.45, 2.75) is 32.1 Å². The lowest BCUT2D eigenvalue weighted by Crippen LogP contribution is -2.27. The Kier molecular flexibility index (Phi) is 4.63. The summed E-state index contributed by atoms with van der Waals surface area (Å²) in [7, 11) is -4.37. The number of ether oxygens (including phenoxy) is 1. The molecule has 2 aromatic rings. The van der Waals surface area contributed by atoms with Crippen LogP contribution >= 0.6 is 0 Å². The highest BCUT2D eigenvalue weighted by Crippen LogP contribution is 2.26. The molecule has 23 heavy (non-hydrogen) atoms. The highest BCUT2D eigenvalue weighted by molar-refractivity contribution is 7.84. The van der Waals surface area contributed by atoms with E-state index in [9.17, 15) is 17.8 Å². The first kappa shape index (κ1) is 17.2. The number of carbonyl (C=O) groups excluding carboxylic acids is 1. The number of nitrogens with one attached hydrogen (secondary N) is 1. The molecule has 7 heteroatoms. The third-order valence-electron chi connectivity index (χ3n) is 2.93. The summed E-state index contributed by atoms with van der Waals surface area (Å²) in [6.45, 7) is 5.27. The maximum atomic E-state index is 11.9. The van der Waals surface area contributed by atoms with E-state index in [1.807, 2.05) is 6.07 Å². The lowest BCUT2D eigenvalue weighted by molar-refractivity contribution is 0.0636. The SMILES string of the molecule is CC(C)(C)OC(=O)Nc1cccc2ccc(CS(=O)(=O)[O-])cc12. The summed E-state index contributed by atoms with van der Waals surface area (Å²) in [5.74, 6) is -0.594. The fraction of sp³-hybridized carbons (Fsp3) is 0.312. The van der Waals surface area contributed by atoms with Crippen molar-refractivity contribution in [3.8, 4) is 0 Å². The third-order valence-corrected chi connectivity index (χ3v) is 3.61. The van der Waals surface area contributed by atoms with Crippen LogP contribution in [0.4, 0.5) is 10.5 Å². The van der Waals surface area contributed by atoms with Crippen LogP contribution in [0.1, 0.15) is 26.3 Å². The first-order valence-electron chi connectivity index (χ1n) is 6.99. The van der Waals surface area contributed by atoms with Crippen LogP contribution < -0.4 is 5.32 Å². The zero-order chi connectivity index (χ0) is 17.3. The van der Waals surface area contributed by atoms with Crippen molar-refractivity contribution in [1.82, 2.24) is 0 Å². The Hall–Kier alpha value is -2.12. The lowest BCUT2D eigenvalue weighted by atomic mass is 10.1.